The van der Waals surface area contributed by atoms with Gasteiger partial charge in [0.1, 0.15) is 5.82 Å². The van der Waals surface area contributed by atoms with E-state index in [0.717, 1.165) is 25.2 Å². The molecule has 0 unspecified atom stereocenters. The minimum Gasteiger partial charge on any atom is -0.322 e. The molecule has 0 amide bonds. The van der Waals surface area contributed by atoms with Crippen molar-refractivity contribution < 1.29 is 0 Å². The molecule has 2 fully saturated rings. The first-order valence-corrected chi connectivity index (χ1v) is 9.26. The van der Waals surface area contributed by atoms with Crippen LogP contribution in [0.1, 0.15) is 41.2 Å². The molecule has 0 bridgehead atoms. The molecule has 23 heavy (non-hydrogen) atoms. The maximum absolute atomic E-state index is 4.93. The van der Waals surface area contributed by atoms with Crippen molar-refractivity contribution >= 4 is 22.4 Å². The highest BCUT2D eigenvalue weighted by atomic mass is 32.1. The van der Waals surface area contributed by atoms with Crippen LogP contribution in [0.4, 0.5) is 0 Å². The normalized spacial score (nSPS) is 19.3. The summed E-state index contributed by atoms with van der Waals surface area (Å²) in [6.45, 7) is 5.39. The van der Waals surface area contributed by atoms with Gasteiger partial charge in [-0.05, 0) is 31.9 Å². The van der Waals surface area contributed by atoms with E-state index in [-0.39, 0.29) is 0 Å². The Hall–Kier alpha value is -1.72. The highest BCUT2D eigenvalue weighted by Crippen LogP contribution is 2.43. The Balaban J connectivity index is 1.40. The fourth-order valence-corrected chi connectivity index (χ4v) is 4.41. The van der Waals surface area contributed by atoms with E-state index in [2.05, 4.69) is 45.6 Å². The average molecular weight is 324 g/mol. The largest absolute Gasteiger partial charge is 0.322 e. The molecule has 1 aromatic carbocycles. The van der Waals surface area contributed by atoms with Gasteiger partial charge >= 0.3 is 0 Å². The van der Waals surface area contributed by atoms with Crippen LogP contribution in [-0.4, -0.2) is 32.5 Å². The van der Waals surface area contributed by atoms with Crippen molar-refractivity contribution in [3.8, 4) is 0 Å². The van der Waals surface area contributed by atoms with E-state index in [1.165, 1.54) is 34.8 Å². The van der Waals surface area contributed by atoms with Crippen LogP contribution in [0.5, 0.6) is 0 Å². The van der Waals surface area contributed by atoms with Gasteiger partial charge in [0.05, 0.1) is 28.3 Å². The second-order valence-electron chi connectivity index (χ2n) is 6.81. The van der Waals surface area contributed by atoms with Gasteiger partial charge in [-0.2, -0.15) is 0 Å². The SMILES string of the molecule is Cc1ncsc1CN1CC(n2c(C3CC3)nc3ccccc32)C1. The van der Waals surface area contributed by atoms with Crippen molar-refractivity contribution in [1.29, 1.82) is 0 Å². The summed E-state index contributed by atoms with van der Waals surface area (Å²) in [7, 11) is 0. The molecule has 118 valence electrons. The molecule has 0 spiro atoms. The molecule has 0 N–H and O–H groups in total. The van der Waals surface area contributed by atoms with Crippen LogP contribution in [0.15, 0.2) is 29.8 Å². The summed E-state index contributed by atoms with van der Waals surface area (Å²) < 4.78 is 2.53. The van der Waals surface area contributed by atoms with E-state index in [1.807, 2.05) is 5.51 Å². The standard InChI is InChI=1S/C18H20N4S/c1-12-17(23-11-19-12)10-21-8-14(9-21)22-16-5-3-2-4-15(16)20-18(22)13-6-7-13/h2-5,11,13-14H,6-10H2,1H3. The molecule has 1 saturated heterocycles. The number of benzene rings is 1. The molecule has 3 aromatic rings. The Kier molecular flexibility index (Phi) is 3.06. The van der Waals surface area contributed by atoms with E-state index in [4.69, 9.17) is 4.98 Å². The lowest BCUT2D eigenvalue weighted by Gasteiger charge is -2.40. The van der Waals surface area contributed by atoms with Crippen LogP contribution >= 0.6 is 11.3 Å². The zero-order chi connectivity index (χ0) is 15.4. The Morgan fingerprint density at radius 1 is 1.22 bits per heavy atom. The van der Waals surface area contributed by atoms with Gasteiger partial charge < -0.3 is 4.57 Å². The minimum absolute atomic E-state index is 0.575. The van der Waals surface area contributed by atoms with Gasteiger partial charge in [-0.15, -0.1) is 11.3 Å². The number of hydrogen-bond acceptors (Lipinski definition) is 4. The predicted molar refractivity (Wildman–Crippen MR) is 92.9 cm³/mol. The first-order valence-electron chi connectivity index (χ1n) is 8.38. The highest BCUT2D eigenvalue weighted by molar-refractivity contribution is 7.09. The predicted octanol–water partition coefficient (Wildman–Crippen LogP) is 3.74. The summed E-state index contributed by atoms with van der Waals surface area (Å²) >= 11 is 1.77. The number of hydrogen-bond donors (Lipinski definition) is 0. The maximum Gasteiger partial charge on any atom is 0.113 e. The van der Waals surface area contributed by atoms with Crippen molar-refractivity contribution in [3.05, 3.63) is 46.2 Å². The Bertz CT molecular complexity index is 855. The number of rotatable bonds is 4. The zero-order valence-electron chi connectivity index (χ0n) is 13.3. The number of imidazole rings is 1. The lowest BCUT2D eigenvalue weighted by molar-refractivity contribution is 0.100. The van der Waals surface area contributed by atoms with Gasteiger partial charge in [0.25, 0.3) is 0 Å². The fraction of sp³-hybridized carbons (Fsp3) is 0.444. The Morgan fingerprint density at radius 2 is 2.04 bits per heavy atom. The molecule has 0 atom stereocenters. The number of likely N-dealkylation sites (tertiary alicyclic amines) is 1. The molecule has 0 radical (unpaired) electrons. The van der Waals surface area contributed by atoms with E-state index in [1.54, 1.807) is 11.3 Å². The molecule has 2 aromatic heterocycles. The smallest absolute Gasteiger partial charge is 0.113 e. The number of aryl methyl sites for hydroxylation is 1. The second-order valence-corrected chi connectivity index (χ2v) is 7.75. The second kappa shape index (κ2) is 5.14. The van der Waals surface area contributed by atoms with E-state index >= 15 is 0 Å². The maximum atomic E-state index is 4.93. The number of nitrogens with zero attached hydrogens (tertiary/aromatic N) is 4. The summed E-state index contributed by atoms with van der Waals surface area (Å²) in [5.74, 6) is 2.02. The number of thiazole rings is 1. The molecule has 3 heterocycles. The summed E-state index contributed by atoms with van der Waals surface area (Å²) in [5, 5.41) is 0. The monoisotopic (exact) mass is 324 g/mol. The molecule has 1 aliphatic heterocycles. The van der Waals surface area contributed by atoms with Crippen LogP contribution in [0, 0.1) is 6.92 Å². The number of fused-ring (bicyclic) bond motifs is 1. The van der Waals surface area contributed by atoms with Crippen molar-refractivity contribution in [2.45, 2.75) is 38.3 Å². The molecular weight excluding hydrogens is 304 g/mol. The average Bonchev–Trinajstić information content (AvgIpc) is 3.19. The van der Waals surface area contributed by atoms with Crippen molar-refractivity contribution in [2.75, 3.05) is 13.1 Å². The van der Waals surface area contributed by atoms with Gasteiger partial charge in [-0.1, -0.05) is 12.1 Å². The molecule has 5 heteroatoms. The van der Waals surface area contributed by atoms with E-state index in [9.17, 15) is 0 Å². The third-order valence-electron chi connectivity index (χ3n) is 5.08. The van der Waals surface area contributed by atoms with Gasteiger partial charge in [0, 0.05) is 30.4 Å². The molecule has 5 rings (SSSR count). The molecule has 2 aliphatic rings. The summed E-state index contributed by atoms with van der Waals surface area (Å²) in [5.41, 5.74) is 5.61. The quantitative estimate of drug-likeness (QED) is 0.733. The number of aromatic nitrogens is 3. The topological polar surface area (TPSA) is 34.0 Å². The van der Waals surface area contributed by atoms with E-state index in [0.29, 0.717) is 12.0 Å². The van der Waals surface area contributed by atoms with Crippen molar-refractivity contribution in [2.24, 2.45) is 0 Å². The number of para-hydroxylation sites is 2. The van der Waals surface area contributed by atoms with Gasteiger partial charge in [-0.25, -0.2) is 9.97 Å². The summed E-state index contributed by atoms with van der Waals surface area (Å²) in [6.07, 6.45) is 2.61. The van der Waals surface area contributed by atoms with Crippen LogP contribution in [0.2, 0.25) is 0 Å². The molecule has 4 nitrogen and oxygen atoms in total. The first kappa shape index (κ1) is 13.7. The van der Waals surface area contributed by atoms with Crippen LogP contribution in [-0.2, 0) is 6.54 Å². The van der Waals surface area contributed by atoms with Crippen molar-refractivity contribution in [1.82, 2.24) is 19.4 Å². The highest BCUT2D eigenvalue weighted by Gasteiger charge is 2.36. The molecular formula is C18H20N4S. The van der Waals surface area contributed by atoms with Gasteiger partial charge in [0.15, 0.2) is 0 Å². The van der Waals surface area contributed by atoms with Gasteiger partial charge in [-0.3, -0.25) is 4.90 Å². The fourth-order valence-electron chi connectivity index (χ4n) is 3.59. The lowest BCUT2D eigenvalue weighted by Crippen LogP contribution is -2.47. The lowest BCUT2D eigenvalue weighted by atomic mass is 10.1. The zero-order valence-corrected chi connectivity index (χ0v) is 14.1. The molecule has 1 saturated carbocycles. The Morgan fingerprint density at radius 3 is 2.78 bits per heavy atom. The summed E-state index contributed by atoms with van der Waals surface area (Å²) in [4.78, 5) is 13.2. The third-order valence-corrected chi connectivity index (χ3v) is 6.00. The van der Waals surface area contributed by atoms with Crippen LogP contribution in [0.25, 0.3) is 11.0 Å². The third kappa shape index (κ3) is 2.30. The Labute approximate surface area is 139 Å². The minimum atomic E-state index is 0.575. The first-order chi connectivity index (χ1) is 11.3. The van der Waals surface area contributed by atoms with Crippen molar-refractivity contribution in [3.63, 3.8) is 0 Å². The summed E-state index contributed by atoms with van der Waals surface area (Å²) in [6, 6.07) is 9.18. The van der Waals surface area contributed by atoms with Crippen LogP contribution in [0.3, 0.4) is 0 Å². The molecule has 1 aliphatic carbocycles. The van der Waals surface area contributed by atoms with Gasteiger partial charge in [0.2, 0.25) is 0 Å². The van der Waals surface area contributed by atoms with E-state index < -0.39 is 0 Å². The van der Waals surface area contributed by atoms with Crippen LogP contribution < -0.4 is 0 Å².